The minimum atomic E-state index is -3.82. The highest BCUT2D eigenvalue weighted by molar-refractivity contribution is 7.89. The zero-order valence-corrected chi connectivity index (χ0v) is 26.5. The molecule has 1 fully saturated rings. The van der Waals surface area contributed by atoms with Crippen LogP contribution < -0.4 is 19.1 Å². The first kappa shape index (κ1) is 32.6. The SMILES string of the molecule is COc1ccc(CCN(C)S(=O)(=O)c2ccc(OC)c(N3CCN(C(=O)C(OC(C)=O)c4ccccc4)CC3)c2)cc1OC. The van der Waals surface area contributed by atoms with Crippen molar-refractivity contribution < 1.29 is 37.0 Å². The lowest BCUT2D eigenvalue weighted by Crippen LogP contribution is -2.50. The molecule has 0 aromatic heterocycles. The Labute approximate surface area is 258 Å². The number of sulfonamides is 1. The van der Waals surface area contributed by atoms with Gasteiger partial charge in [0.15, 0.2) is 11.5 Å². The predicted molar refractivity (Wildman–Crippen MR) is 166 cm³/mol. The zero-order chi connectivity index (χ0) is 31.9. The van der Waals surface area contributed by atoms with Gasteiger partial charge >= 0.3 is 5.97 Å². The van der Waals surface area contributed by atoms with Crippen molar-refractivity contribution in [3.63, 3.8) is 0 Å². The molecule has 11 nitrogen and oxygen atoms in total. The van der Waals surface area contributed by atoms with E-state index in [0.717, 1.165) is 5.56 Å². The van der Waals surface area contributed by atoms with Crippen LogP contribution in [0.2, 0.25) is 0 Å². The molecule has 1 aliphatic heterocycles. The highest BCUT2D eigenvalue weighted by Crippen LogP contribution is 2.33. The van der Waals surface area contributed by atoms with Gasteiger partial charge in [-0.1, -0.05) is 36.4 Å². The molecule has 0 N–H and O–H groups in total. The van der Waals surface area contributed by atoms with Crippen LogP contribution in [-0.4, -0.2) is 90.6 Å². The zero-order valence-electron chi connectivity index (χ0n) is 25.7. The second kappa shape index (κ2) is 14.5. The Kier molecular flexibility index (Phi) is 10.7. The van der Waals surface area contributed by atoms with Gasteiger partial charge in [0.2, 0.25) is 16.1 Å². The number of rotatable bonds is 12. The second-order valence-corrected chi connectivity index (χ2v) is 12.4. The predicted octanol–water partition coefficient (Wildman–Crippen LogP) is 3.53. The van der Waals surface area contributed by atoms with Crippen molar-refractivity contribution in [1.82, 2.24) is 9.21 Å². The number of likely N-dealkylation sites (N-methyl/N-ethyl adjacent to an activating group) is 1. The first-order chi connectivity index (χ1) is 21.1. The number of benzene rings is 3. The fourth-order valence-corrected chi connectivity index (χ4v) is 6.28. The van der Waals surface area contributed by atoms with E-state index >= 15 is 0 Å². The third-order valence-electron chi connectivity index (χ3n) is 7.56. The Morgan fingerprint density at radius 3 is 2.09 bits per heavy atom. The molecule has 12 heteroatoms. The van der Waals surface area contributed by atoms with Crippen molar-refractivity contribution in [3.05, 3.63) is 77.9 Å². The number of ether oxygens (including phenoxy) is 4. The van der Waals surface area contributed by atoms with Crippen LogP contribution in [0.4, 0.5) is 5.69 Å². The van der Waals surface area contributed by atoms with E-state index in [0.29, 0.717) is 61.1 Å². The first-order valence-electron chi connectivity index (χ1n) is 14.2. The van der Waals surface area contributed by atoms with Gasteiger partial charge in [-0.15, -0.1) is 0 Å². The van der Waals surface area contributed by atoms with Crippen LogP contribution in [0.15, 0.2) is 71.6 Å². The maximum absolute atomic E-state index is 13.6. The number of methoxy groups -OCH3 is 3. The molecule has 1 amide bonds. The number of carbonyl (C=O) groups excluding carboxylic acids is 2. The average Bonchev–Trinajstić information content (AvgIpc) is 3.05. The Morgan fingerprint density at radius 2 is 1.48 bits per heavy atom. The average molecular weight is 626 g/mol. The lowest BCUT2D eigenvalue weighted by Gasteiger charge is -2.38. The van der Waals surface area contributed by atoms with Crippen molar-refractivity contribution in [3.8, 4) is 17.2 Å². The van der Waals surface area contributed by atoms with Crippen molar-refractivity contribution >= 4 is 27.6 Å². The summed E-state index contributed by atoms with van der Waals surface area (Å²) in [4.78, 5) is 29.0. The third-order valence-corrected chi connectivity index (χ3v) is 9.42. The normalized spacial score (nSPS) is 14.2. The number of amides is 1. The van der Waals surface area contributed by atoms with E-state index < -0.39 is 22.1 Å². The summed E-state index contributed by atoms with van der Waals surface area (Å²) in [6, 6.07) is 19.2. The van der Waals surface area contributed by atoms with Crippen molar-refractivity contribution in [2.24, 2.45) is 0 Å². The molecule has 1 aliphatic rings. The first-order valence-corrected chi connectivity index (χ1v) is 15.6. The molecule has 1 saturated heterocycles. The Morgan fingerprint density at radius 1 is 0.841 bits per heavy atom. The van der Waals surface area contributed by atoms with Crippen LogP contribution in [-0.2, 0) is 30.8 Å². The number of hydrogen-bond acceptors (Lipinski definition) is 9. The minimum Gasteiger partial charge on any atom is -0.495 e. The number of nitrogens with zero attached hydrogens (tertiary/aromatic N) is 3. The maximum atomic E-state index is 13.6. The van der Waals surface area contributed by atoms with Gasteiger partial charge in [-0.2, -0.15) is 0 Å². The summed E-state index contributed by atoms with van der Waals surface area (Å²) >= 11 is 0. The van der Waals surface area contributed by atoms with Crippen LogP contribution in [0, 0.1) is 0 Å². The van der Waals surface area contributed by atoms with E-state index in [9.17, 15) is 18.0 Å². The quantitative estimate of drug-likeness (QED) is 0.279. The molecule has 236 valence electrons. The molecular weight excluding hydrogens is 586 g/mol. The van der Waals surface area contributed by atoms with Gasteiger partial charge in [0.1, 0.15) is 5.75 Å². The fraction of sp³-hybridized carbons (Fsp3) is 0.375. The molecule has 0 radical (unpaired) electrons. The highest BCUT2D eigenvalue weighted by atomic mass is 32.2. The van der Waals surface area contributed by atoms with E-state index in [1.807, 2.05) is 23.1 Å². The van der Waals surface area contributed by atoms with Gasteiger partial charge in [0, 0.05) is 52.3 Å². The summed E-state index contributed by atoms with van der Waals surface area (Å²) in [6.45, 7) is 3.11. The van der Waals surface area contributed by atoms with E-state index in [4.69, 9.17) is 18.9 Å². The molecule has 4 rings (SSSR count). The van der Waals surface area contributed by atoms with Crippen LogP contribution in [0.3, 0.4) is 0 Å². The van der Waals surface area contributed by atoms with Crippen LogP contribution in [0.5, 0.6) is 17.2 Å². The van der Waals surface area contributed by atoms with E-state index in [2.05, 4.69) is 0 Å². The number of piperazine rings is 1. The number of esters is 1. The molecular formula is C32H39N3O8S. The van der Waals surface area contributed by atoms with E-state index in [1.165, 1.54) is 24.4 Å². The standard InChI is InChI=1S/C32H39N3O8S/c1-23(36)43-31(25-9-7-6-8-10-25)32(37)35-19-17-34(18-20-35)27-22-26(12-14-28(27)40-3)44(38,39)33(2)16-15-24-11-13-29(41-4)30(21-24)42-5/h6-14,21-22,31H,15-20H2,1-5H3. The van der Waals surface area contributed by atoms with Gasteiger partial charge in [-0.05, 0) is 42.3 Å². The lowest BCUT2D eigenvalue weighted by molar-refractivity contribution is -0.159. The van der Waals surface area contributed by atoms with Gasteiger partial charge in [0.25, 0.3) is 5.91 Å². The largest absolute Gasteiger partial charge is 0.495 e. The Bertz CT molecular complexity index is 1560. The molecule has 0 saturated carbocycles. The molecule has 0 spiro atoms. The van der Waals surface area contributed by atoms with Gasteiger partial charge in [-0.25, -0.2) is 12.7 Å². The Hall–Kier alpha value is -4.29. The molecule has 3 aromatic carbocycles. The maximum Gasteiger partial charge on any atom is 0.303 e. The molecule has 1 unspecified atom stereocenters. The summed E-state index contributed by atoms with van der Waals surface area (Å²) in [5.74, 6) is 0.874. The molecule has 1 heterocycles. The monoisotopic (exact) mass is 625 g/mol. The second-order valence-electron chi connectivity index (χ2n) is 10.3. The topological polar surface area (TPSA) is 115 Å². The number of hydrogen-bond donors (Lipinski definition) is 0. The van der Waals surface area contributed by atoms with Crippen LogP contribution >= 0.6 is 0 Å². The summed E-state index contributed by atoms with van der Waals surface area (Å²) in [5.41, 5.74) is 2.13. The van der Waals surface area contributed by atoms with Crippen molar-refractivity contribution in [2.45, 2.75) is 24.3 Å². The Balaban J connectivity index is 1.46. The summed E-state index contributed by atoms with van der Waals surface area (Å²) in [7, 11) is 2.39. The number of anilines is 1. The summed E-state index contributed by atoms with van der Waals surface area (Å²) < 4.78 is 50.1. The lowest BCUT2D eigenvalue weighted by atomic mass is 10.1. The van der Waals surface area contributed by atoms with E-state index in [-0.39, 0.29) is 17.3 Å². The van der Waals surface area contributed by atoms with E-state index in [1.54, 1.807) is 68.6 Å². The smallest absolute Gasteiger partial charge is 0.303 e. The summed E-state index contributed by atoms with van der Waals surface area (Å²) in [5, 5.41) is 0. The van der Waals surface area contributed by atoms with Crippen molar-refractivity contribution in [1.29, 1.82) is 0 Å². The molecule has 0 bridgehead atoms. The van der Waals surface area contributed by atoms with Crippen molar-refractivity contribution in [2.75, 3.05) is 66.0 Å². The minimum absolute atomic E-state index is 0.139. The van der Waals surface area contributed by atoms with Gasteiger partial charge < -0.3 is 28.7 Å². The van der Waals surface area contributed by atoms with Crippen LogP contribution in [0.1, 0.15) is 24.2 Å². The third kappa shape index (κ3) is 7.43. The molecule has 1 atom stereocenters. The highest BCUT2D eigenvalue weighted by Gasteiger charge is 2.32. The number of carbonyl (C=O) groups is 2. The summed E-state index contributed by atoms with van der Waals surface area (Å²) in [6.07, 6.45) is -0.551. The van der Waals surface area contributed by atoms with Gasteiger partial charge in [0.05, 0.1) is 31.9 Å². The van der Waals surface area contributed by atoms with Crippen LogP contribution in [0.25, 0.3) is 0 Å². The van der Waals surface area contributed by atoms with Gasteiger partial charge in [-0.3, -0.25) is 9.59 Å². The molecule has 44 heavy (non-hydrogen) atoms. The fourth-order valence-electron chi connectivity index (χ4n) is 5.09. The molecule has 3 aromatic rings. The molecule has 0 aliphatic carbocycles.